The van der Waals surface area contributed by atoms with Crippen LogP contribution in [0.25, 0.3) is 10.9 Å². The molecule has 0 unspecified atom stereocenters. The minimum absolute atomic E-state index is 0.115. The smallest absolute Gasteiger partial charge is 0.257 e. The summed E-state index contributed by atoms with van der Waals surface area (Å²) in [6.07, 6.45) is 4.06. The van der Waals surface area contributed by atoms with E-state index in [1.807, 2.05) is 36.4 Å². The topological polar surface area (TPSA) is 54.3 Å². The first-order chi connectivity index (χ1) is 13.5. The van der Waals surface area contributed by atoms with Gasteiger partial charge in [-0.05, 0) is 49.1 Å². The van der Waals surface area contributed by atoms with Crippen LogP contribution in [0.2, 0.25) is 0 Å². The van der Waals surface area contributed by atoms with Crippen LogP contribution < -0.4 is 10.2 Å². The number of anilines is 2. The van der Waals surface area contributed by atoms with Crippen LogP contribution in [0.5, 0.6) is 0 Å². The number of fused-ring (bicyclic) bond motifs is 1. The number of piperidine rings is 1. The zero-order valence-electron chi connectivity index (χ0n) is 16.3. The second-order valence-electron chi connectivity index (χ2n) is 7.62. The van der Waals surface area contributed by atoms with Crippen LogP contribution in [0.4, 0.5) is 11.4 Å². The van der Waals surface area contributed by atoms with Crippen LogP contribution in [0.3, 0.4) is 0 Å². The molecule has 0 saturated carbocycles. The summed E-state index contributed by atoms with van der Waals surface area (Å²) in [5.41, 5.74) is 3.19. The summed E-state index contributed by atoms with van der Waals surface area (Å²) in [6, 6.07) is 15.5. The fourth-order valence-corrected chi connectivity index (χ4v) is 3.84. The molecule has 1 N–H and O–H groups in total. The average Bonchev–Trinajstić information content (AvgIpc) is 3.09. The number of nitrogens with zero attached hydrogens (tertiary/aromatic N) is 2. The first-order valence-corrected chi connectivity index (χ1v) is 9.80. The Kier molecular flexibility index (Phi) is 4.90. The molecule has 1 amide bonds. The van der Waals surface area contributed by atoms with Gasteiger partial charge < -0.3 is 10.2 Å². The summed E-state index contributed by atoms with van der Waals surface area (Å²) in [4.78, 5) is 27.1. The highest BCUT2D eigenvalue weighted by molar-refractivity contribution is 6.14. The van der Waals surface area contributed by atoms with Gasteiger partial charge in [0.15, 0.2) is 0 Å². The molecule has 1 fully saturated rings. The van der Waals surface area contributed by atoms with E-state index in [1.165, 1.54) is 30.0 Å². The van der Waals surface area contributed by atoms with E-state index in [9.17, 15) is 9.59 Å². The van der Waals surface area contributed by atoms with Crippen molar-refractivity contribution in [3.05, 3.63) is 60.3 Å². The molecule has 2 aromatic carbocycles. The monoisotopic (exact) mass is 375 g/mol. The van der Waals surface area contributed by atoms with Gasteiger partial charge in [0, 0.05) is 43.0 Å². The van der Waals surface area contributed by atoms with Gasteiger partial charge in [0.1, 0.15) is 0 Å². The third-order valence-electron chi connectivity index (χ3n) is 5.57. The molecule has 1 saturated heterocycles. The van der Waals surface area contributed by atoms with Crippen molar-refractivity contribution in [3.63, 3.8) is 0 Å². The number of nitrogens with one attached hydrogen (secondary N) is 1. The Morgan fingerprint density at radius 1 is 1.00 bits per heavy atom. The quantitative estimate of drug-likeness (QED) is 0.716. The molecule has 1 aromatic heterocycles. The molecule has 2 heterocycles. The molecule has 5 heteroatoms. The maximum atomic E-state index is 12.8. The lowest BCUT2D eigenvalue weighted by molar-refractivity contribution is 0.0941. The zero-order chi connectivity index (χ0) is 19.7. The van der Waals surface area contributed by atoms with Gasteiger partial charge in [-0.3, -0.25) is 14.2 Å². The highest BCUT2D eigenvalue weighted by Crippen LogP contribution is 2.26. The molecule has 144 valence electrons. The van der Waals surface area contributed by atoms with Crippen molar-refractivity contribution < 1.29 is 9.59 Å². The highest BCUT2D eigenvalue weighted by Gasteiger charge is 2.18. The van der Waals surface area contributed by atoms with Gasteiger partial charge in [0.25, 0.3) is 5.91 Å². The number of benzene rings is 2. The van der Waals surface area contributed by atoms with Crippen molar-refractivity contribution in [3.8, 4) is 0 Å². The van der Waals surface area contributed by atoms with Gasteiger partial charge in [-0.1, -0.05) is 25.1 Å². The number of aromatic nitrogens is 1. The van der Waals surface area contributed by atoms with E-state index in [2.05, 4.69) is 29.3 Å². The molecule has 0 radical (unpaired) electrons. The van der Waals surface area contributed by atoms with Crippen molar-refractivity contribution in [1.29, 1.82) is 0 Å². The Morgan fingerprint density at radius 3 is 2.36 bits per heavy atom. The number of carbonyl (C=O) groups is 2. The van der Waals surface area contributed by atoms with Gasteiger partial charge in [0.05, 0.1) is 11.1 Å². The minimum Gasteiger partial charge on any atom is -0.372 e. The van der Waals surface area contributed by atoms with Crippen molar-refractivity contribution in [2.45, 2.75) is 26.7 Å². The molecular weight excluding hydrogens is 350 g/mol. The van der Waals surface area contributed by atoms with E-state index in [0.29, 0.717) is 5.56 Å². The zero-order valence-corrected chi connectivity index (χ0v) is 16.3. The standard InChI is InChI=1S/C23H25N3O2/c1-16-11-13-25(14-12-16)19-9-7-18(8-10-19)24-23(28)21-15-26(17(2)27)22-6-4-3-5-20(21)22/h3-10,15-16H,11-14H2,1-2H3,(H,24,28). The second-order valence-corrected chi connectivity index (χ2v) is 7.62. The van der Waals surface area contributed by atoms with E-state index in [4.69, 9.17) is 0 Å². The van der Waals surface area contributed by atoms with E-state index in [-0.39, 0.29) is 11.8 Å². The first kappa shape index (κ1) is 18.3. The molecular formula is C23H25N3O2. The Hall–Kier alpha value is -3.08. The molecule has 5 nitrogen and oxygen atoms in total. The third-order valence-corrected chi connectivity index (χ3v) is 5.57. The van der Waals surface area contributed by atoms with Gasteiger partial charge in [-0.2, -0.15) is 0 Å². The van der Waals surface area contributed by atoms with Crippen LogP contribution in [-0.4, -0.2) is 29.5 Å². The average molecular weight is 375 g/mol. The number of para-hydroxylation sites is 1. The summed E-state index contributed by atoms with van der Waals surface area (Å²) >= 11 is 0. The Morgan fingerprint density at radius 2 is 1.68 bits per heavy atom. The molecule has 1 aliphatic rings. The fourth-order valence-electron chi connectivity index (χ4n) is 3.84. The number of amides is 1. The van der Waals surface area contributed by atoms with Crippen LogP contribution in [-0.2, 0) is 0 Å². The summed E-state index contributed by atoms with van der Waals surface area (Å²) in [5, 5.41) is 3.73. The number of hydrogen-bond donors (Lipinski definition) is 1. The molecule has 0 aliphatic carbocycles. The fraction of sp³-hybridized carbons (Fsp3) is 0.304. The molecule has 1 aliphatic heterocycles. The molecule has 3 aromatic rings. The van der Waals surface area contributed by atoms with Gasteiger partial charge >= 0.3 is 0 Å². The number of carbonyl (C=O) groups excluding carboxylic acids is 2. The van der Waals surface area contributed by atoms with Crippen LogP contribution in [0, 0.1) is 5.92 Å². The van der Waals surface area contributed by atoms with Gasteiger partial charge in [0.2, 0.25) is 5.91 Å². The SMILES string of the molecule is CC(=O)n1cc(C(=O)Nc2ccc(N3CCC(C)CC3)cc2)c2ccccc21. The predicted octanol–water partition coefficient (Wildman–Crippen LogP) is 4.79. The molecule has 28 heavy (non-hydrogen) atoms. The van der Waals surface area contributed by atoms with Crippen LogP contribution in [0.15, 0.2) is 54.7 Å². The normalized spacial score (nSPS) is 15.0. The number of rotatable bonds is 3. The minimum atomic E-state index is -0.212. The second kappa shape index (κ2) is 7.50. The molecule has 0 atom stereocenters. The van der Waals surface area contributed by atoms with Crippen molar-refractivity contribution >= 4 is 34.1 Å². The number of hydrogen-bond acceptors (Lipinski definition) is 3. The third kappa shape index (κ3) is 3.52. The highest BCUT2D eigenvalue weighted by atomic mass is 16.2. The van der Waals surface area contributed by atoms with Gasteiger partial charge in [-0.25, -0.2) is 0 Å². The van der Waals surface area contributed by atoms with E-state index >= 15 is 0 Å². The lowest BCUT2D eigenvalue weighted by Crippen LogP contribution is -2.32. The predicted molar refractivity (Wildman–Crippen MR) is 113 cm³/mol. The lowest BCUT2D eigenvalue weighted by atomic mass is 9.99. The van der Waals surface area contributed by atoms with Crippen molar-refractivity contribution in [1.82, 2.24) is 4.57 Å². The first-order valence-electron chi connectivity index (χ1n) is 9.80. The van der Waals surface area contributed by atoms with E-state index < -0.39 is 0 Å². The lowest BCUT2D eigenvalue weighted by Gasteiger charge is -2.32. The summed E-state index contributed by atoms with van der Waals surface area (Å²) < 4.78 is 1.52. The molecule has 0 bridgehead atoms. The van der Waals surface area contributed by atoms with E-state index in [0.717, 1.165) is 35.6 Å². The van der Waals surface area contributed by atoms with Crippen molar-refractivity contribution in [2.75, 3.05) is 23.3 Å². The van der Waals surface area contributed by atoms with Gasteiger partial charge in [-0.15, -0.1) is 0 Å². The maximum Gasteiger partial charge on any atom is 0.257 e. The summed E-state index contributed by atoms with van der Waals surface area (Å²) in [6.45, 7) is 5.96. The Labute approximate surface area is 165 Å². The summed E-state index contributed by atoms with van der Waals surface area (Å²) in [5.74, 6) is 0.471. The Balaban J connectivity index is 1.53. The molecule has 0 spiro atoms. The largest absolute Gasteiger partial charge is 0.372 e. The molecule has 4 rings (SSSR count). The van der Waals surface area contributed by atoms with Crippen LogP contribution >= 0.6 is 0 Å². The van der Waals surface area contributed by atoms with Crippen molar-refractivity contribution in [2.24, 2.45) is 5.92 Å². The van der Waals surface area contributed by atoms with E-state index in [1.54, 1.807) is 6.20 Å². The Bertz CT molecular complexity index is 1010. The summed E-state index contributed by atoms with van der Waals surface area (Å²) in [7, 11) is 0. The maximum absolute atomic E-state index is 12.8. The van der Waals surface area contributed by atoms with Crippen LogP contribution in [0.1, 0.15) is 41.8 Å².